The Labute approximate surface area is 125 Å². The SMILES string of the molecule is CC(CCl)(Nc1ncncc1I)c1ccccc1. The van der Waals surface area contributed by atoms with E-state index in [1.54, 1.807) is 6.20 Å². The van der Waals surface area contributed by atoms with Crippen molar-refractivity contribution in [1.82, 2.24) is 9.97 Å². The lowest BCUT2D eigenvalue weighted by Gasteiger charge is -2.30. The van der Waals surface area contributed by atoms with Crippen LogP contribution in [0.2, 0.25) is 0 Å². The Morgan fingerprint density at radius 2 is 2.06 bits per heavy atom. The largest absolute Gasteiger partial charge is 0.359 e. The predicted molar refractivity (Wildman–Crippen MR) is 82.9 cm³/mol. The van der Waals surface area contributed by atoms with E-state index in [9.17, 15) is 0 Å². The first-order valence-electron chi connectivity index (χ1n) is 5.51. The Hall–Kier alpha value is -0.880. The number of hydrogen-bond donors (Lipinski definition) is 1. The summed E-state index contributed by atoms with van der Waals surface area (Å²) in [4.78, 5) is 8.23. The van der Waals surface area contributed by atoms with E-state index >= 15 is 0 Å². The van der Waals surface area contributed by atoms with Gasteiger partial charge in [0.1, 0.15) is 12.1 Å². The maximum absolute atomic E-state index is 6.14. The number of hydrogen-bond acceptors (Lipinski definition) is 3. The van der Waals surface area contributed by atoms with Crippen molar-refractivity contribution >= 4 is 40.0 Å². The molecule has 0 fully saturated rings. The first-order chi connectivity index (χ1) is 8.65. The van der Waals surface area contributed by atoms with Crippen LogP contribution in [-0.2, 0) is 5.54 Å². The molecule has 1 aromatic carbocycles. The number of alkyl halides is 1. The zero-order valence-corrected chi connectivity index (χ0v) is 12.8. The van der Waals surface area contributed by atoms with Gasteiger partial charge in [0.05, 0.1) is 9.11 Å². The Bertz CT molecular complexity index is 521. The molecular weight excluding hydrogens is 361 g/mol. The third kappa shape index (κ3) is 2.92. The first kappa shape index (κ1) is 13.5. The van der Waals surface area contributed by atoms with Gasteiger partial charge in [-0.2, -0.15) is 0 Å². The molecule has 0 saturated heterocycles. The van der Waals surface area contributed by atoms with Gasteiger partial charge in [-0.3, -0.25) is 0 Å². The summed E-state index contributed by atoms with van der Waals surface area (Å²) in [5.74, 6) is 1.26. The van der Waals surface area contributed by atoms with Crippen LogP contribution in [0.3, 0.4) is 0 Å². The molecule has 0 radical (unpaired) electrons. The second kappa shape index (κ2) is 5.84. The highest BCUT2D eigenvalue weighted by molar-refractivity contribution is 14.1. The summed E-state index contributed by atoms with van der Waals surface area (Å²) in [5.41, 5.74) is 0.784. The fourth-order valence-electron chi connectivity index (χ4n) is 1.65. The molecule has 0 aliphatic carbocycles. The third-order valence-corrected chi connectivity index (χ3v) is 4.06. The summed E-state index contributed by atoms with van der Waals surface area (Å²) in [6.45, 7) is 2.06. The van der Waals surface area contributed by atoms with E-state index in [1.807, 2.05) is 18.2 Å². The highest BCUT2D eigenvalue weighted by atomic mass is 127. The highest BCUT2D eigenvalue weighted by Gasteiger charge is 2.26. The molecule has 0 aliphatic heterocycles. The standard InChI is InChI=1S/C13H13ClIN3/c1-13(8-14,10-5-3-2-4-6-10)18-12-11(15)7-16-9-17-12/h2-7,9H,8H2,1H3,(H,16,17,18). The van der Waals surface area contributed by atoms with E-state index in [-0.39, 0.29) is 5.54 Å². The van der Waals surface area contributed by atoms with Crippen LogP contribution in [0.5, 0.6) is 0 Å². The average molecular weight is 374 g/mol. The Kier molecular flexibility index (Phi) is 4.40. The number of anilines is 1. The van der Waals surface area contributed by atoms with Crippen molar-refractivity contribution in [2.24, 2.45) is 0 Å². The number of nitrogens with zero attached hydrogens (tertiary/aromatic N) is 2. The monoisotopic (exact) mass is 373 g/mol. The zero-order chi connectivity index (χ0) is 13.0. The van der Waals surface area contributed by atoms with Gasteiger partial charge in [-0.05, 0) is 35.1 Å². The normalized spacial score (nSPS) is 13.9. The summed E-state index contributed by atoms with van der Waals surface area (Å²) in [6.07, 6.45) is 3.31. The van der Waals surface area contributed by atoms with Gasteiger partial charge in [0.25, 0.3) is 0 Å². The molecule has 2 rings (SSSR count). The first-order valence-corrected chi connectivity index (χ1v) is 7.12. The lowest BCUT2D eigenvalue weighted by Crippen LogP contribution is -2.34. The van der Waals surface area contributed by atoms with Crippen molar-refractivity contribution < 1.29 is 0 Å². The molecule has 94 valence electrons. The van der Waals surface area contributed by atoms with Crippen LogP contribution >= 0.6 is 34.2 Å². The van der Waals surface area contributed by atoms with Gasteiger partial charge in [0.2, 0.25) is 0 Å². The maximum Gasteiger partial charge on any atom is 0.143 e. The van der Waals surface area contributed by atoms with Crippen molar-refractivity contribution in [1.29, 1.82) is 0 Å². The van der Waals surface area contributed by atoms with E-state index < -0.39 is 0 Å². The molecule has 1 aromatic heterocycles. The maximum atomic E-state index is 6.14. The van der Waals surface area contributed by atoms with Crippen LogP contribution in [0.1, 0.15) is 12.5 Å². The predicted octanol–water partition coefficient (Wildman–Crippen LogP) is 3.65. The summed E-state index contributed by atoms with van der Waals surface area (Å²) >= 11 is 8.34. The van der Waals surface area contributed by atoms with Crippen LogP contribution in [0, 0.1) is 3.57 Å². The average Bonchev–Trinajstić information content (AvgIpc) is 2.42. The van der Waals surface area contributed by atoms with E-state index in [4.69, 9.17) is 11.6 Å². The summed E-state index contributed by atoms with van der Waals surface area (Å²) in [5, 5.41) is 3.40. The van der Waals surface area contributed by atoms with E-state index in [0.29, 0.717) is 5.88 Å². The molecule has 0 spiro atoms. The summed E-state index contributed by atoms with van der Waals surface area (Å²) in [6, 6.07) is 10.1. The lowest BCUT2D eigenvalue weighted by molar-refractivity contribution is 0.612. The fraction of sp³-hybridized carbons (Fsp3) is 0.231. The molecule has 1 unspecified atom stereocenters. The van der Waals surface area contributed by atoms with Crippen LogP contribution in [-0.4, -0.2) is 15.8 Å². The highest BCUT2D eigenvalue weighted by Crippen LogP contribution is 2.28. The molecular formula is C13H13ClIN3. The second-order valence-electron chi connectivity index (χ2n) is 4.18. The number of halogens is 2. The third-order valence-electron chi connectivity index (χ3n) is 2.74. The molecule has 0 aliphatic rings. The van der Waals surface area contributed by atoms with Gasteiger partial charge < -0.3 is 5.32 Å². The van der Waals surface area contributed by atoms with Crippen LogP contribution in [0.25, 0.3) is 0 Å². The van der Waals surface area contributed by atoms with Crippen molar-refractivity contribution in [2.45, 2.75) is 12.5 Å². The molecule has 18 heavy (non-hydrogen) atoms. The lowest BCUT2D eigenvalue weighted by atomic mass is 9.94. The van der Waals surface area contributed by atoms with E-state index in [0.717, 1.165) is 15.0 Å². The smallest absolute Gasteiger partial charge is 0.143 e. The number of nitrogens with one attached hydrogen (secondary N) is 1. The van der Waals surface area contributed by atoms with Gasteiger partial charge >= 0.3 is 0 Å². The molecule has 1 heterocycles. The van der Waals surface area contributed by atoms with Gasteiger partial charge in [0.15, 0.2) is 0 Å². The van der Waals surface area contributed by atoms with Gasteiger partial charge in [-0.15, -0.1) is 11.6 Å². The quantitative estimate of drug-likeness (QED) is 0.657. The Morgan fingerprint density at radius 3 is 2.67 bits per heavy atom. The molecule has 0 saturated carbocycles. The molecule has 5 heteroatoms. The summed E-state index contributed by atoms with van der Waals surface area (Å²) in [7, 11) is 0. The van der Waals surface area contributed by atoms with E-state index in [1.165, 1.54) is 6.33 Å². The second-order valence-corrected chi connectivity index (χ2v) is 5.61. The Morgan fingerprint density at radius 1 is 1.33 bits per heavy atom. The number of benzene rings is 1. The van der Waals surface area contributed by atoms with Crippen LogP contribution < -0.4 is 5.32 Å². The molecule has 0 bridgehead atoms. The topological polar surface area (TPSA) is 37.8 Å². The van der Waals surface area contributed by atoms with Crippen molar-refractivity contribution in [3.8, 4) is 0 Å². The molecule has 1 atom stereocenters. The Balaban J connectivity index is 2.32. The van der Waals surface area contributed by atoms with E-state index in [2.05, 4.69) is 56.9 Å². The van der Waals surface area contributed by atoms with Gasteiger partial charge in [0, 0.05) is 12.1 Å². The van der Waals surface area contributed by atoms with Gasteiger partial charge in [-0.25, -0.2) is 9.97 Å². The molecule has 1 N–H and O–H groups in total. The van der Waals surface area contributed by atoms with Crippen molar-refractivity contribution in [3.05, 3.63) is 52.0 Å². The minimum atomic E-state index is -0.350. The molecule has 2 aromatic rings. The van der Waals surface area contributed by atoms with Crippen LogP contribution in [0.4, 0.5) is 5.82 Å². The fourth-order valence-corrected chi connectivity index (χ4v) is 2.31. The minimum absolute atomic E-state index is 0.350. The van der Waals surface area contributed by atoms with Crippen molar-refractivity contribution in [3.63, 3.8) is 0 Å². The van der Waals surface area contributed by atoms with Gasteiger partial charge in [-0.1, -0.05) is 30.3 Å². The minimum Gasteiger partial charge on any atom is -0.359 e. The van der Waals surface area contributed by atoms with Crippen molar-refractivity contribution in [2.75, 3.05) is 11.2 Å². The number of rotatable bonds is 4. The molecule has 3 nitrogen and oxygen atoms in total. The summed E-state index contributed by atoms with van der Waals surface area (Å²) < 4.78 is 0.974. The molecule has 0 amide bonds. The number of aromatic nitrogens is 2. The van der Waals surface area contributed by atoms with Crippen LogP contribution in [0.15, 0.2) is 42.9 Å². The zero-order valence-electron chi connectivity index (χ0n) is 9.90.